The molecule has 1 aliphatic rings. The van der Waals surface area contributed by atoms with Crippen molar-refractivity contribution in [2.75, 3.05) is 13.1 Å². The van der Waals surface area contributed by atoms with Crippen molar-refractivity contribution in [3.05, 3.63) is 52.9 Å². The lowest BCUT2D eigenvalue weighted by molar-refractivity contribution is 0.0696. The summed E-state index contributed by atoms with van der Waals surface area (Å²) >= 11 is 0. The lowest BCUT2D eigenvalue weighted by Gasteiger charge is -2.33. The smallest absolute Gasteiger partial charge is 0.276 e. The van der Waals surface area contributed by atoms with Crippen LogP contribution >= 0.6 is 0 Å². The third kappa shape index (κ3) is 4.50. The van der Waals surface area contributed by atoms with Gasteiger partial charge in [0.1, 0.15) is 6.26 Å². The Balaban J connectivity index is 1.78. The van der Waals surface area contributed by atoms with E-state index in [2.05, 4.69) is 51.1 Å². The van der Waals surface area contributed by atoms with Crippen molar-refractivity contribution < 1.29 is 9.32 Å². The molecule has 25 heavy (non-hydrogen) atoms. The van der Waals surface area contributed by atoms with Crippen LogP contribution in [0.2, 0.25) is 0 Å². The first-order valence-electron chi connectivity index (χ1n) is 9.12. The SMILES string of the molecule is Cc1cc(CC(C)(C)C)cc(C2CCCN(C(=O)c3ccon3)C2)c1. The Kier molecular flexibility index (Phi) is 4.98. The maximum absolute atomic E-state index is 12.6. The molecule has 3 rings (SSSR count). The molecule has 1 fully saturated rings. The highest BCUT2D eigenvalue weighted by atomic mass is 16.5. The summed E-state index contributed by atoms with van der Waals surface area (Å²) in [6.07, 6.45) is 4.67. The minimum atomic E-state index is -0.0268. The van der Waals surface area contributed by atoms with E-state index in [1.165, 1.54) is 23.0 Å². The summed E-state index contributed by atoms with van der Waals surface area (Å²) in [4.78, 5) is 14.5. The molecule has 4 nitrogen and oxygen atoms in total. The van der Waals surface area contributed by atoms with Crippen LogP contribution in [0.15, 0.2) is 35.1 Å². The fourth-order valence-electron chi connectivity index (χ4n) is 3.76. The van der Waals surface area contributed by atoms with Gasteiger partial charge in [-0.3, -0.25) is 4.79 Å². The maximum atomic E-state index is 12.6. The van der Waals surface area contributed by atoms with Gasteiger partial charge in [-0.25, -0.2) is 0 Å². The van der Waals surface area contributed by atoms with Crippen LogP contribution in [-0.4, -0.2) is 29.1 Å². The Morgan fingerprint density at radius 3 is 2.80 bits per heavy atom. The van der Waals surface area contributed by atoms with E-state index in [0.717, 1.165) is 32.4 Å². The third-order valence-corrected chi connectivity index (χ3v) is 4.73. The lowest BCUT2D eigenvalue weighted by atomic mass is 9.84. The number of piperidine rings is 1. The van der Waals surface area contributed by atoms with Crippen molar-refractivity contribution in [2.24, 2.45) is 5.41 Å². The molecule has 1 saturated heterocycles. The summed E-state index contributed by atoms with van der Waals surface area (Å²) in [5, 5.41) is 3.79. The normalized spacial score (nSPS) is 18.4. The van der Waals surface area contributed by atoms with E-state index in [0.29, 0.717) is 11.6 Å². The minimum Gasteiger partial charge on any atom is -0.364 e. The van der Waals surface area contributed by atoms with Crippen molar-refractivity contribution >= 4 is 5.91 Å². The van der Waals surface area contributed by atoms with Crippen LogP contribution in [0.5, 0.6) is 0 Å². The summed E-state index contributed by atoms with van der Waals surface area (Å²) in [5.74, 6) is 0.365. The Bertz CT molecular complexity index is 729. The number of carbonyl (C=O) groups excluding carboxylic acids is 1. The highest BCUT2D eigenvalue weighted by Crippen LogP contribution is 2.30. The standard InChI is InChI=1S/C21H28N2O2/c1-15-10-16(13-21(2,3)4)12-18(11-15)17-6-5-8-23(14-17)20(24)19-7-9-25-22-19/h7,9-12,17H,5-6,8,13-14H2,1-4H3. The first-order chi connectivity index (χ1) is 11.8. The number of hydrogen-bond acceptors (Lipinski definition) is 3. The molecule has 1 aromatic carbocycles. The largest absolute Gasteiger partial charge is 0.364 e. The average molecular weight is 340 g/mol. The van der Waals surface area contributed by atoms with Crippen molar-refractivity contribution in [2.45, 2.75) is 52.9 Å². The molecule has 0 spiro atoms. The van der Waals surface area contributed by atoms with Crippen molar-refractivity contribution in [3.8, 4) is 0 Å². The zero-order valence-electron chi connectivity index (χ0n) is 15.7. The summed E-state index contributed by atoms with van der Waals surface area (Å²) in [7, 11) is 0. The Morgan fingerprint density at radius 1 is 1.32 bits per heavy atom. The van der Waals surface area contributed by atoms with Gasteiger partial charge in [0.2, 0.25) is 0 Å². The van der Waals surface area contributed by atoms with Gasteiger partial charge < -0.3 is 9.42 Å². The van der Waals surface area contributed by atoms with E-state index in [-0.39, 0.29) is 11.3 Å². The average Bonchev–Trinajstić information content (AvgIpc) is 3.06. The van der Waals surface area contributed by atoms with Gasteiger partial charge in [-0.2, -0.15) is 0 Å². The van der Waals surface area contributed by atoms with Gasteiger partial charge in [-0.15, -0.1) is 0 Å². The van der Waals surface area contributed by atoms with Gasteiger partial charge in [-0.1, -0.05) is 49.7 Å². The number of nitrogens with zero attached hydrogens (tertiary/aromatic N) is 2. The van der Waals surface area contributed by atoms with Crippen molar-refractivity contribution in [3.63, 3.8) is 0 Å². The zero-order valence-corrected chi connectivity index (χ0v) is 15.7. The molecule has 2 heterocycles. The highest BCUT2D eigenvalue weighted by molar-refractivity contribution is 5.92. The summed E-state index contributed by atoms with van der Waals surface area (Å²) in [6.45, 7) is 10.5. The zero-order chi connectivity index (χ0) is 18.0. The fourth-order valence-corrected chi connectivity index (χ4v) is 3.76. The molecule has 0 saturated carbocycles. The number of rotatable bonds is 3. The molecule has 0 radical (unpaired) electrons. The number of carbonyl (C=O) groups is 1. The van der Waals surface area contributed by atoms with Crippen LogP contribution in [0.3, 0.4) is 0 Å². The van der Waals surface area contributed by atoms with Gasteiger partial charge >= 0.3 is 0 Å². The molecular formula is C21H28N2O2. The Labute approximate surface area is 150 Å². The number of aryl methyl sites for hydroxylation is 1. The number of benzene rings is 1. The topological polar surface area (TPSA) is 46.3 Å². The second-order valence-electron chi connectivity index (χ2n) is 8.46. The molecule has 1 aromatic heterocycles. The van der Waals surface area contributed by atoms with Gasteiger partial charge in [-0.05, 0) is 42.7 Å². The van der Waals surface area contributed by atoms with E-state index in [1.54, 1.807) is 6.07 Å². The Morgan fingerprint density at radius 2 is 2.12 bits per heavy atom. The third-order valence-electron chi connectivity index (χ3n) is 4.73. The number of likely N-dealkylation sites (tertiary alicyclic amines) is 1. The molecule has 1 unspecified atom stereocenters. The molecule has 2 aromatic rings. The fraction of sp³-hybridized carbons (Fsp3) is 0.524. The molecule has 4 heteroatoms. The molecule has 0 bridgehead atoms. The van der Waals surface area contributed by atoms with Crippen LogP contribution in [-0.2, 0) is 6.42 Å². The summed E-state index contributed by atoms with van der Waals surface area (Å²) < 4.78 is 4.82. The maximum Gasteiger partial charge on any atom is 0.276 e. The van der Waals surface area contributed by atoms with E-state index in [1.807, 2.05) is 4.90 Å². The van der Waals surface area contributed by atoms with Crippen LogP contribution < -0.4 is 0 Å². The molecule has 1 aliphatic heterocycles. The molecule has 1 amide bonds. The van der Waals surface area contributed by atoms with Crippen LogP contribution in [0, 0.1) is 12.3 Å². The number of hydrogen-bond donors (Lipinski definition) is 0. The van der Waals surface area contributed by atoms with Gasteiger partial charge in [0, 0.05) is 25.1 Å². The van der Waals surface area contributed by atoms with Crippen molar-refractivity contribution in [1.82, 2.24) is 10.1 Å². The van der Waals surface area contributed by atoms with E-state index < -0.39 is 0 Å². The van der Waals surface area contributed by atoms with Crippen LogP contribution in [0.4, 0.5) is 0 Å². The number of aromatic nitrogens is 1. The molecular weight excluding hydrogens is 312 g/mol. The minimum absolute atomic E-state index is 0.0268. The van der Waals surface area contributed by atoms with Gasteiger partial charge in [0.05, 0.1) is 0 Å². The predicted molar refractivity (Wildman–Crippen MR) is 98.7 cm³/mol. The molecule has 1 atom stereocenters. The first kappa shape index (κ1) is 17.7. The van der Waals surface area contributed by atoms with Gasteiger partial charge in [0.25, 0.3) is 5.91 Å². The van der Waals surface area contributed by atoms with E-state index in [9.17, 15) is 4.79 Å². The van der Waals surface area contributed by atoms with E-state index in [4.69, 9.17) is 4.52 Å². The van der Waals surface area contributed by atoms with E-state index >= 15 is 0 Å². The van der Waals surface area contributed by atoms with Crippen molar-refractivity contribution in [1.29, 1.82) is 0 Å². The lowest BCUT2D eigenvalue weighted by Crippen LogP contribution is -2.39. The Hall–Kier alpha value is -2.10. The molecule has 0 aliphatic carbocycles. The number of amides is 1. The van der Waals surface area contributed by atoms with Gasteiger partial charge in [0.15, 0.2) is 5.69 Å². The predicted octanol–water partition coefficient (Wildman–Crippen LogP) is 4.59. The summed E-state index contributed by atoms with van der Waals surface area (Å²) in [6, 6.07) is 8.55. The van der Waals surface area contributed by atoms with Crippen LogP contribution in [0.25, 0.3) is 0 Å². The molecule has 0 N–H and O–H groups in total. The first-order valence-corrected chi connectivity index (χ1v) is 9.12. The second kappa shape index (κ2) is 7.03. The summed E-state index contributed by atoms with van der Waals surface area (Å²) in [5.41, 5.74) is 4.72. The van der Waals surface area contributed by atoms with Crippen LogP contribution in [0.1, 0.15) is 66.7 Å². The molecule has 134 valence electrons. The highest BCUT2D eigenvalue weighted by Gasteiger charge is 2.27. The quantitative estimate of drug-likeness (QED) is 0.821. The second-order valence-corrected chi connectivity index (χ2v) is 8.46. The monoisotopic (exact) mass is 340 g/mol.